The number of imidazole rings is 1. The van der Waals surface area contributed by atoms with Crippen LogP contribution in [0.15, 0.2) is 54.7 Å². The van der Waals surface area contributed by atoms with Gasteiger partial charge in [-0.2, -0.15) is 0 Å². The fourth-order valence-corrected chi connectivity index (χ4v) is 3.64. The van der Waals surface area contributed by atoms with E-state index >= 15 is 0 Å². The predicted octanol–water partition coefficient (Wildman–Crippen LogP) is 3.70. The molecule has 1 aliphatic heterocycles. The van der Waals surface area contributed by atoms with Crippen LogP contribution < -0.4 is 5.32 Å². The van der Waals surface area contributed by atoms with Crippen LogP contribution in [0, 0.1) is 0 Å². The number of nitrogens with zero attached hydrogens (tertiary/aromatic N) is 2. The Labute approximate surface area is 163 Å². The number of aromatic amines is 1. The van der Waals surface area contributed by atoms with Crippen molar-refractivity contribution < 1.29 is 9.59 Å². The molecule has 0 spiro atoms. The van der Waals surface area contributed by atoms with Gasteiger partial charge in [-0.15, -0.1) is 0 Å². The smallest absolute Gasteiger partial charge is 0.223 e. The summed E-state index contributed by atoms with van der Waals surface area (Å²) in [6, 6.07) is 15.0. The highest BCUT2D eigenvalue weighted by Crippen LogP contribution is 2.33. The van der Waals surface area contributed by atoms with Gasteiger partial charge in [-0.25, -0.2) is 4.98 Å². The van der Waals surface area contributed by atoms with Crippen LogP contribution in [0.1, 0.15) is 49.3 Å². The lowest BCUT2D eigenvalue weighted by Gasteiger charge is -2.32. The Bertz CT molecular complexity index is 1040. The predicted molar refractivity (Wildman–Crippen MR) is 108 cm³/mol. The molecule has 2 N–H and O–H groups in total. The van der Waals surface area contributed by atoms with Gasteiger partial charge < -0.3 is 15.2 Å². The summed E-state index contributed by atoms with van der Waals surface area (Å²) in [5.41, 5.74) is 3.82. The summed E-state index contributed by atoms with van der Waals surface area (Å²) in [6.45, 7) is 3.41. The van der Waals surface area contributed by atoms with Gasteiger partial charge in [0.15, 0.2) is 0 Å². The van der Waals surface area contributed by atoms with Crippen LogP contribution in [0.25, 0.3) is 17.1 Å². The highest BCUT2D eigenvalue weighted by atomic mass is 16.2. The Morgan fingerprint density at radius 2 is 1.93 bits per heavy atom. The number of aromatic nitrogens is 2. The van der Waals surface area contributed by atoms with Crippen molar-refractivity contribution in [3.05, 3.63) is 71.7 Å². The molecule has 1 aromatic heterocycles. The van der Waals surface area contributed by atoms with Gasteiger partial charge in [0.1, 0.15) is 5.82 Å². The van der Waals surface area contributed by atoms with E-state index in [2.05, 4.69) is 15.3 Å². The topological polar surface area (TPSA) is 78.1 Å². The maximum absolute atomic E-state index is 12.8. The standard InChI is InChI=1S/C22H22N4O2/c1-14(22-24-18-9-5-6-10-19(18)25-22)23-21(28)13-20-17-8-4-3-7-16(17)11-12-26(20)15(2)27/h3-12,14,20H,13H2,1-2H3,(H,23,28)(H,24,25)/t14-,20?/m0/s1. The molecule has 4 rings (SSSR count). The Balaban J connectivity index is 1.51. The monoisotopic (exact) mass is 374 g/mol. The first-order chi connectivity index (χ1) is 13.5. The van der Waals surface area contributed by atoms with E-state index in [-0.39, 0.29) is 30.3 Å². The molecule has 142 valence electrons. The minimum atomic E-state index is -0.318. The lowest BCUT2D eigenvalue weighted by atomic mass is 9.93. The molecule has 2 amide bonds. The van der Waals surface area contributed by atoms with Crippen LogP contribution in [0.2, 0.25) is 0 Å². The number of hydrogen-bond acceptors (Lipinski definition) is 3. The van der Waals surface area contributed by atoms with E-state index < -0.39 is 0 Å². The quantitative estimate of drug-likeness (QED) is 0.731. The van der Waals surface area contributed by atoms with Crippen molar-refractivity contribution in [1.29, 1.82) is 0 Å². The van der Waals surface area contributed by atoms with Crippen LogP contribution in [-0.4, -0.2) is 26.7 Å². The molecule has 6 nitrogen and oxygen atoms in total. The van der Waals surface area contributed by atoms with Crippen molar-refractivity contribution in [1.82, 2.24) is 20.2 Å². The molecular formula is C22H22N4O2. The van der Waals surface area contributed by atoms with E-state index in [1.165, 1.54) is 6.92 Å². The average molecular weight is 374 g/mol. The number of hydrogen-bond donors (Lipinski definition) is 2. The molecule has 2 aromatic carbocycles. The molecule has 3 aromatic rings. The second-order valence-corrected chi connectivity index (χ2v) is 7.02. The van der Waals surface area contributed by atoms with Gasteiger partial charge in [0.05, 0.1) is 29.5 Å². The number of H-pyrrole nitrogens is 1. The summed E-state index contributed by atoms with van der Waals surface area (Å²) >= 11 is 0. The van der Waals surface area contributed by atoms with Crippen LogP contribution in [0.3, 0.4) is 0 Å². The summed E-state index contributed by atoms with van der Waals surface area (Å²) < 4.78 is 0. The summed E-state index contributed by atoms with van der Waals surface area (Å²) in [6.07, 6.45) is 3.85. The van der Waals surface area contributed by atoms with Crippen molar-refractivity contribution in [2.24, 2.45) is 0 Å². The van der Waals surface area contributed by atoms with Crippen LogP contribution in [0.4, 0.5) is 0 Å². The normalized spacial score (nSPS) is 16.6. The maximum atomic E-state index is 12.8. The number of amides is 2. The molecule has 0 aliphatic carbocycles. The summed E-state index contributed by atoms with van der Waals surface area (Å²) in [5.74, 6) is 0.491. The Morgan fingerprint density at radius 1 is 1.18 bits per heavy atom. The lowest BCUT2D eigenvalue weighted by molar-refractivity contribution is -0.130. The van der Waals surface area contributed by atoms with Gasteiger partial charge >= 0.3 is 0 Å². The van der Waals surface area contributed by atoms with E-state index in [0.717, 1.165) is 22.2 Å². The first kappa shape index (κ1) is 18.0. The molecule has 1 aliphatic rings. The van der Waals surface area contributed by atoms with Crippen molar-refractivity contribution in [2.45, 2.75) is 32.4 Å². The third-order valence-electron chi connectivity index (χ3n) is 5.04. The summed E-state index contributed by atoms with van der Waals surface area (Å²) in [5, 5.41) is 3.00. The molecule has 1 unspecified atom stereocenters. The summed E-state index contributed by atoms with van der Waals surface area (Å²) in [4.78, 5) is 34.3. The van der Waals surface area contributed by atoms with Crippen molar-refractivity contribution in [2.75, 3.05) is 0 Å². The van der Waals surface area contributed by atoms with Gasteiger partial charge in [0.2, 0.25) is 11.8 Å². The number of rotatable bonds is 4. The zero-order valence-corrected chi connectivity index (χ0v) is 15.8. The third-order valence-corrected chi connectivity index (χ3v) is 5.04. The number of carbonyl (C=O) groups excluding carboxylic acids is 2. The number of carbonyl (C=O) groups is 2. The van der Waals surface area contributed by atoms with Crippen molar-refractivity contribution >= 4 is 28.9 Å². The first-order valence-electron chi connectivity index (χ1n) is 9.33. The Morgan fingerprint density at radius 3 is 2.71 bits per heavy atom. The van der Waals surface area contributed by atoms with Crippen molar-refractivity contribution in [3.8, 4) is 0 Å². The number of para-hydroxylation sites is 2. The molecule has 0 bridgehead atoms. The third kappa shape index (κ3) is 3.41. The van der Waals surface area contributed by atoms with Gasteiger partial charge in [0.25, 0.3) is 0 Å². The summed E-state index contributed by atoms with van der Waals surface area (Å²) in [7, 11) is 0. The van der Waals surface area contributed by atoms with E-state index in [4.69, 9.17) is 0 Å². The van der Waals surface area contributed by atoms with Crippen molar-refractivity contribution in [3.63, 3.8) is 0 Å². The van der Waals surface area contributed by atoms with Crippen LogP contribution in [-0.2, 0) is 9.59 Å². The molecular weight excluding hydrogens is 352 g/mol. The molecule has 6 heteroatoms. The van der Waals surface area contributed by atoms with Gasteiger partial charge in [-0.05, 0) is 36.3 Å². The SMILES string of the molecule is CC(=O)N1C=Cc2ccccc2C1CC(=O)N[C@@H](C)c1nc2ccccc2[nH]1. The second-order valence-electron chi connectivity index (χ2n) is 7.02. The zero-order chi connectivity index (χ0) is 19.7. The number of benzene rings is 2. The zero-order valence-electron chi connectivity index (χ0n) is 15.8. The molecule has 0 fully saturated rings. The van der Waals surface area contributed by atoms with E-state index in [1.54, 1.807) is 11.1 Å². The minimum absolute atomic E-state index is 0.0890. The van der Waals surface area contributed by atoms with Gasteiger partial charge in [-0.3, -0.25) is 9.59 Å². The highest BCUT2D eigenvalue weighted by molar-refractivity contribution is 5.82. The molecule has 0 saturated heterocycles. The fourth-order valence-electron chi connectivity index (χ4n) is 3.64. The lowest BCUT2D eigenvalue weighted by Crippen LogP contribution is -2.36. The Hall–Kier alpha value is -3.41. The highest BCUT2D eigenvalue weighted by Gasteiger charge is 2.28. The van der Waals surface area contributed by atoms with E-state index in [1.807, 2.05) is 61.5 Å². The van der Waals surface area contributed by atoms with Crippen LogP contribution >= 0.6 is 0 Å². The van der Waals surface area contributed by atoms with E-state index in [9.17, 15) is 9.59 Å². The average Bonchev–Trinajstić information content (AvgIpc) is 3.12. The number of nitrogens with one attached hydrogen (secondary N) is 2. The van der Waals surface area contributed by atoms with Gasteiger partial charge in [0, 0.05) is 13.1 Å². The molecule has 2 heterocycles. The first-order valence-corrected chi connectivity index (χ1v) is 9.33. The Kier molecular flexibility index (Phi) is 4.69. The molecule has 0 saturated carbocycles. The van der Waals surface area contributed by atoms with Crippen LogP contribution in [0.5, 0.6) is 0 Å². The van der Waals surface area contributed by atoms with Gasteiger partial charge in [-0.1, -0.05) is 36.4 Å². The molecule has 0 radical (unpaired) electrons. The van der Waals surface area contributed by atoms with E-state index in [0.29, 0.717) is 5.82 Å². The maximum Gasteiger partial charge on any atom is 0.223 e. The molecule has 28 heavy (non-hydrogen) atoms. The minimum Gasteiger partial charge on any atom is -0.346 e. The second kappa shape index (κ2) is 7.31. The molecule has 2 atom stereocenters. The fraction of sp³-hybridized carbons (Fsp3) is 0.227. The largest absolute Gasteiger partial charge is 0.346 e. The number of fused-ring (bicyclic) bond motifs is 2.